The standard InChI is InChI=1S/C15H14ClNO3S/c1-19-13-8-14(20-2)12(7-11(13)16)17-15(18)9-4-3-5-10(21)6-9/h3-8,21H,1-2H3,(H,17,18). The zero-order chi connectivity index (χ0) is 15.4. The quantitative estimate of drug-likeness (QED) is 0.839. The summed E-state index contributed by atoms with van der Waals surface area (Å²) >= 11 is 10.3. The van der Waals surface area contributed by atoms with E-state index >= 15 is 0 Å². The molecule has 0 fully saturated rings. The second-order valence-corrected chi connectivity index (χ2v) is 5.12. The SMILES string of the molecule is COc1cc(OC)c(NC(=O)c2cccc(S)c2)cc1Cl. The summed E-state index contributed by atoms with van der Waals surface area (Å²) in [6, 6.07) is 10.1. The highest BCUT2D eigenvalue weighted by molar-refractivity contribution is 7.80. The Kier molecular flexibility index (Phi) is 4.98. The second kappa shape index (κ2) is 6.74. The maximum Gasteiger partial charge on any atom is 0.255 e. The third-order valence-electron chi connectivity index (χ3n) is 2.83. The second-order valence-electron chi connectivity index (χ2n) is 4.19. The molecule has 0 spiro atoms. The molecular formula is C15H14ClNO3S. The van der Waals surface area contributed by atoms with Crippen LogP contribution in [-0.4, -0.2) is 20.1 Å². The van der Waals surface area contributed by atoms with E-state index in [1.165, 1.54) is 14.2 Å². The molecule has 0 aliphatic rings. The van der Waals surface area contributed by atoms with Crippen LogP contribution in [0.15, 0.2) is 41.3 Å². The van der Waals surface area contributed by atoms with E-state index in [1.807, 2.05) is 0 Å². The Morgan fingerprint density at radius 2 is 1.86 bits per heavy atom. The number of rotatable bonds is 4. The smallest absolute Gasteiger partial charge is 0.255 e. The fourth-order valence-corrected chi connectivity index (χ4v) is 2.27. The van der Waals surface area contributed by atoms with Crippen LogP contribution in [0.3, 0.4) is 0 Å². The van der Waals surface area contributed by atoms with Crippen LogP contribution in [0.1, 0.15) is 10.4 Å². The Hall–Kier alpha value is -1.85. The molecule has 1 N–H and O–H groups in total. The summed E-state index contributed by atoms with van der Waals surface area (Å²) < 4.78 is 10.3. The average molecular weight is 324 g/mol. The normalized spacial score (nSPS) is 10.1. The van der Waals surface area contributed by atoms with Crippen molar-refractivity contribution in [2.45, 2.75) is 4.90 Å². The van der Waals surface area contributed by atoms with Crippen molar-refractivity contribution in [3.05, 3.63) is 47.0 Å². The molecule has 0 unspecified atom stereocenters. The summed E-state index contributed by atoms with van der Waals surface area (Å²) in [5, 5.41) is 3.14. The van der Waals surface area contributed by atoms with Gasteiger partial charge in [0.1, 0.15) is 11.5 Å². The predicted octanol–water partition coefficient (Wildman–Crippen LogP) is 3.90. The van der Waals surface area contributed by atoms with Crippen LogP contribution in [0.4, 0.5) is 5.69 Å². The summed E-state index contributed by atoms with van der Waals surface area (Å²) in [5.41, 5.74) is 0.967. The molecule has 4 nitrogen and oxygen atoms in total. The molecule has 0 aliphatic carbocycles. The lowest BCUT2D eigenvalue weighted by Gasteiger charge is -2.13. The first kappa shape index (κ1) is 15.5. The van der Waals surface area contributed by atoms with E-state index < -0.39 is 0 Å². The highest BCUT2D eigenvalue weighted by Crippen LogP contribution is 2.36. The van der Waals surface area contributed by atoms with Gasteiger partial charge in [0, 0.05) is 16.5 Å². The van der Waals surface area contributed by atoms with E-state index in [0.29, 0.717) is 32.7 Å². The van der Waals surface area contributed by atoms with Gasteiger partial charge >= 0.3 is 0 Å². The van der Waals surface area contributed by atoms with Gasteiger partial charge in [-0.05, 0) is 24.3 Å². The molecule has 0 bridgehead atoms. The van der Waals surface area contributed by atoms with E-state index in [4.69, 9.17) is 21.1 Å². The van der Waals surface area contributed by atoms with Crippen LogP contribution in [-0.2, 0) is 0 Å². The van der Waals surface area contributed by atoms with Gasteiger partial charge in [0.25, 0.3) is 5.91 Å². The van der Waals surface area contributed by atoms with Gasteiger partial charge in [0.2, 0.25) is 0 Å². The number of hydrogen-bond acceptors (Lipinski definition) is 4. The van der Waals surface area contributed by atoms with Gasteiger partial charge in [-0.25, -0.2) is 0 Å². The third-order valence-corrected chi connectivity index (χ3v) is 3.40. The monoisotopic (exact) mass is 323 g/mol. The van der Waals surface area contributed by atoms with E-state index in [2.05, 4.69) is 17.9 Å². The van der Waals surface area contributed by atoms with Gasteiger partial charge in [0.05, 0.1) is 24.9 Å². The van der Waals surface area contributed by atoms with Crippen LogP contribution in [0.5, 0.6) is 11.5 Å². The summed E-state index contributed by atoms with van der Waals surface area (Å²) in [6.45, 7) is 0. The summed E-state index contributed by atoms with van der Waals surface area (Å²) in [7, 11) is 3.02. The maximum absolute atomic E-state index is 12.2. The van der Waals surface area contributed by atoms with Crippen LogP contribution in [0.25, 0.3) is 0 Å². The number of thiol groups is 1. The van der Waals surface area contributed by atoms with Crippen molar-refractivity contribution in [3.8, 4) is 11.5 Å². The van der Waals surface area contributed by atoms with Crippen molar-refractivity contribution in [1.29, 1.82) is 0 Å². The minimum Gasteiger partial charge on any atom is -0.495 e. The maximum atomic E-state index is 12.2. The molecule has 2 rings (SSSR count). The number of amides is 1. The lowest BCUT2D eigenvalue weighted by Crippen LogP contribution is -2.12. The summed E-state index contributed by atoms with van der Waals surface area (Å²) in [5.74, 6) is 0.668. The first-order valence-corrected chi connectivity index (χ1v) is 6.89. The fraction of sp³-hybridized carbons (Fsp3) is 0.133. The highest BCUT2D eigenvalue weighted by Gasteiger charge is 2.13. The van der Waals surface area contributed by atoms with Gasteiger partial charge < -0.3 is 14.8 Å². The molecule has 0 aliphatic heterocycles. The summed E-state index contributed by atoms with van der Waals surface area (Å²) in [6.07, 6.45) is 0. The van der Waals surface area contributed by atoms with E-state index in [-0.39, 0.29) is 5.91 Å². The number of carbonyl (C=O) groups excluding carboxylic acids is 1. The Morgan fingerprint density at radius 3 is 2.48 bits per heavy atom. The van der Waals surface area contributed by atoms with Crippen LogP contribution in [0.2, 0.25) is 5.02 Å². The lowest BCUT2D eigenvalue weighted by atomic mass is 10.2. The molecular weight excluding hydrogens is 310 g/mol. The van der Waals surface area contributed by atoms with E-state index in [1.54, 1.807) is 36.4 Å². The Labute approximate surface area is 133 Å². The van der Waals surface area contributed by atoms with Gasteiger partial charge in [-0.3, -0.25) is 4.79 Å². The molecule has 0 atom stereocenters. The minimum atomic E-state index is -0.273. The minimum absolute atomic E-state index is 0.273. The molecule has 0 heterocycles. The average Bonchev–Trinajstić information content (AvgIpc) is 2.47. The molecule has 110 valence electrons. The van der Waals surface area contributed by atoms with Gasteiger partial charge in [-0.2, -0.15) is 0 Å². The van der Waals surface area contributed by atoms with E-state index in [9.17, 15) is 4.79 Å². The highest BCUT2D eigenvalue weighted by atomic mass is 35.5. The van der Waals surface area contributed by atoms with Crippen molar-refractivity contribution in [1.82, 2.24) is 0 Å². The van der Waals surface area contributed by atoms with Gasteiger partial charge in [-0.1, -0.05) is 17.7 Å². The number of nitrogens with one attached hydrogen (secondary N) is 1. The van der Waals surface area contributed by atoms with Crippen LogP contribution >= 0.6 is 24.2 Å². The zero-order valence-corrected chi connectivity index (χ0v) is 13.2. The predicted molar refractivity (Wildman–Crippen MR) is 86.2 cm³/mol. The van der Waals surface area contributed by atoms with Crippen LogP contribution < -0.4 is 14.8 Å². The van der Waals surface area contributed by atoms with Gasteiger partial charge in [-0.15, -0.1) is 12.6 Å². The molecule has 2 aromatic rings. The number of anilines is 1. The number of hydrogen-bond donors (Lipinski definition) is 2. The Balaban J connectivity index is 2.30. The Morgan fingerprint density at radius 1 is 1.14 bits per heavy atom. The van der Waals surface area contributed by atoms with Crippen LogP contribution in [0, 0.1) is 0 Å². The first-order chi connectivity index (χ1) is 10.0. The zero-order valence-electron chi connectivity index (χ0n) is 11.5. The molecule has 0 aromatic heterocycles. The topological polar surface area (TPSA) is 47.6 Å². The number of benzene rings is 2. The van der Waals surface area contributed by atoms with Crippen molar-refractivity contribution >= 4 is 35.8 Å². The van der Waals surface area contributed by atoms with Crippen molar-refractivity contribution in [2.75, 3.05) is 19.5 Å². The molecule has 2 aromatic carbocycles. The number of halogens is 1. The Bertz CT molecular complexity index is 676. The lowest BCUT2D eigenvalue weighted by molar-refractivity contribution is 0.102. The number of methoxy groups -OCH3 is 2. The molecule has 6 heteroatoms. The summed E-state index contributed by atoms with van der Waals surface area (Å²) in [4.78, 5) is 12.9. The van der Waals surface area contributed by atoms with Gasteiger partial charge in [0.15, 0.2) is 0 Å². The van der Waals surface area contributed by atoms with Crippen molar-refractivity contribution in [3.63, 3.8) is 0 Å². The number of ether oxygens (including phenoxy) is 2. The third kappa shape index (κ3) is 3.62. The molecule has 1 amide bonds. The largest absolute Gasteiger partial charge is 0.495 e. The van der Waals surface area contributed by atoms with Crippen molar-refractivity contribution in [2.24, 2.45) is 0 Å². The fourth-order valence-electron chi connectivity index (χ4n) is 1.80. The molecule has 21 heavy (non-hydrogen) atoms. The molecule has 0 radical (unpaired) electrons. The molecule has 0 saturated heterocycles. The first-order valence-electron chi connectivity index (χ1n) is 6.07. The van der Waals surface area contributed by atoms with Crippen molar-refractivity contribution < 1.29 is 14.3 Å². The van der Waals surface area contributed by atoms with E-state index in [0.717, 1.165) is 0 Å². The molecule has 0 saturated carbocycles. The number of carbonyl (C=O) groups is 1.